The molecule has 1 N–H and O–H groups in total. The van der Waals surface area contributed by atoms with Gasteiger partial charge in [0.25, 0.3) is 0 Å². The Balaban J connectivity index is 3.97. The van der Waals surface area contributed by atoms with Crippen LogP contribution in [-0.4, -0.2) is 36.5 Å². The molecule has 0 aliphatic heterocycles. The molecular formula is C12H26N2O. The van der Waals surface area contributed by atoms with Gasteiger partial charge >= 0.3 is 0 Å². The highest BCUT2D eigenvalue weighted by atomic mass is 16.2. The van der Waals surface area contributed by atoms with Gasteiger partial charge in [-0.1, -0.05) is 20.8 Å². The molecule has 0 bridgehead atoms. The van der Waals surface area contributed by atoms with Crippen LogP contribution in [0, 0.1) is 0 Å². The topological polar surface area (TPSA) is 32.3 Å². The molecule has 0 aromatic carbocycles. The SMILES string of the molecule is CCC(C)NCC(=O)N(C)C(CC)CC. The van der Waals surface area contributed by atoms with Crippen molar-refractivity contribution in [3.05, 3.63) is 0 Å². The highest BCUT2D eigenvalue weighted by Crippen LogP contribution is 2.05. The maximum Gasteiger partial charge on any atom is 0.236 e. The van der Waals surface area contributed by atoms with Crippen LogP contribution in [0.2, 0.25) is 0 Å². The first-order valence-electron chi connectivity index (χ1n) is 6.05. The van der Waals surface area contributed by atoms with Gasteiger partial charge in [0.1, 0.15) is 0 Å². The molecule has 0 saturated heterocycles. The van der Waals surface area contributed by atoms with Gasteiger partial charge in [-0.25, -0.2) is 0 Å². The van der Waals surface area contributed by atoms with Gasteiger partial charge in [-0.2, -0.15) is 0 Å². The van der Waals surface area contributed by atoms with E-state index in [1.807, 2.05) is 11.9 Å². The number of carbonyl (C=O) groups excluding carboxylic acids is 1. The molecule has 3 nitrogen and oxygen atoms in total. The number of nitrogens with one attached hydrogen (secondary N) is 1. The van der Waals surface area contributed by atoms with E-state index < -0.39 is 0 Å². The summed E-state index contributed by atoms with van der Waals surface area (Å²) < 4.78 is 0. The number of nitrogens with zero attached hydrogens (tertiary/aromatic N) is 1. The first kappa shape index (κ1) is 14.4. The van der Waals surface area contributed by atoms with Crippen LogP contribution < -0.4 is 5.32 Å². The molecule has 0 rings (SSSR count). The van der Waals surface area contributed by atoms with Crippen molar-refractivity contribution in [1.29, 1.82) is 0 Å². The summed E-state index contributed by atoms with van der Waals surface area (Å²) in [5, 5.41) is 3.22. The normalized spacial score (nSPS) is 12.9. The lowest BCUT2D eigenvalue weighted by atomic mass is 10.1. The average Bonchev–Trinajstić information content (AvgIpc) is 2.26. The maximum absolute atomic E-state index is 11.8. The second kappa shape index (κ2) is 7.69. The Morgan fingerprint density at radius 2 is 1.73 bits per heavy atom. The fraction of sp³-hybridized carbons (Fsp3) is 0.917. The van der Waals surface area contributed by atoms with Gasteiger partial charge in [-0.3, -0.25) is 4.79 Å². The van der Waals surface area contributed by atoms with E-state index in [1.165, 1.54) is 0 Å². The van der Waals surface area contributed by atoms with Gasteiger partial charge in [-0.05, 0) is 26.2 Å². The summed E-state index contributed by atoms with van der Waals surface area (Å²) in [5.74, 6) is 0.198. The van der Waals surface area contributed by atoms with E-state index in [9.17, 15) is 4.79 Å². The van der Waals surface area contributed by atoms with Crippen LogP contribution in [0.5, 0.6) is 0 Å². The predicted molar refractivity (Wildman–Crippen MR) is 64.9 cm³/mol. The molecule has 0 saturated carbocycles. The first-order valence-corrected chi connectivity index (χ1v) is 6.05. The summed E-state index contributed by atoms with van der Waals surface area (Å²) in [7, 11) is 1.90. The fourth-order valence-corrected chi connectivity index (χ4v) is 1.57. The molecular weight excluding hydrogens is 188 g/mol. The van der Waals surface area contributed by atoms with Gasteiger partial charge in [0.15, 0.2) is 0 Å². The third-order valence-corrected chi connectivity index (χ3v) is 3.10. The quantitative estimate of drug-likeness (QED) is 0.703. The zero-order valence-electron chi connectivity index (χ0n) is 10.8. The van der Waals surface area contributed by atoms with Gasteiger partial charge in [0.05, 0.1) is 6.54 Å². The summed E-state index contributed by atoms with van der Waals surface area (Å²) in [6, 6.07) is 0.806. The van der Waals surface area contributed by atoms with Crippen molar-refractivity contribution < 1.29 is 4.79 Å². The van der Waals surface area contributed by atoms with Crippen molar-refractivity contribution in [2.24, 2.45) is 0 Å². The van der Waals surface area contributed by atoms with Gasteiger partial charge in [-0.15, -0.1) is 0 Å². The van der Waals surface area contributed by atoms with Crippen molar-refractivity contribution in [2.75, 3.05) is 13.6 Å². The molecule has 0 radical (unpaired) electrons. The van der Waals surface area contributed by atoms with Crippen molar-refractivity contribution in [3.63, 3.8) is 0 Å². The lowest BCUT2D eigenvalue weighted by Gasteiger charge is -2.27. The molecule has 1 unspecified atom stereocenters. The lowest BCUT2D eigenvalue weighted by molar-refractivity contribution is -0.131. The van der Waals surface area contributed by atoms with Crippen LogP contribution in [0.1, 0.15) is 47.0 Å². The number of hydrogen-bond acceptors (Lipinski definition) is 2. The van der Waals surface area contributed by atoms with Crippen molar-refractivity contribution in [1.82, 2.24) is 10.2 Å². The molecule has 0 aliphatic carbocycles. The summed E-state index contributed by atoms with van der Waals surface area (Å²) in [5.41, 5.74) is 0. The van der Waals surface area contributed by atoms with E-state index >= 15 is 0 Å². The average molecular weight is 214 g/mol. The van der Waals surface area contributed by atoms with Crippen LogP contribution in [0.25, 0.3) is 0 Å². The largest absolute Gasteiger partial charge is 0.342 e. The molecule has 90 valence electrons. The highest BCUT2D eigenvalue weighted by molar-refractivity contribution is 5.78. The Morgan fingerprint density at radius 3 is 2.13 bits per heavy atom. The monoisotopic (exact) mass is 214 g/mol. The fourth-order valence-electron chi connectivity index (χ4n) is 1.57. The number of hydrogen-bond donors (Lipinski definition) is 1. The van der Waals surface area contributed by atoms with Crippen molar-refractivity contribution in [3.8, 4) is 0 Å². The molecule has 0 heterocycles. The second-order valence-electron chi connectivity index (χ2n) is 4.17. The Morgan fingerprint density at radius 1 is 1.20 bits per heavy atom. The number of carbonyl (C=O) groups is 1. The van der Waals surface area contributed by atoms with Gasteiger partial charge in [0, 0.05) is 19.1 Å². The van der Waals surface area contributed by atoms with E-state index in [0.29, 0.717) is 18.6 Å². The molecule has 0 fully saturated rings. The number of rotatable bonds is 7. The summed E-state index contributed by atoms with van der Waals surface area (Å²) in [6.45, 7) is 8.93. The molecule has 15 heavy (non-hydrogen) atoms. The molecule has 0 aliphatic rings. The minimum Gasteiger partial charge on any atom is -0.342 e. The zero-order valence-corrected chi connectivity index (χ0v) is 10.8. The Kier molecular flexibility index (Phi) is 7.39. The van der Waals surface area contributed by atoms with Gasteiger partial charge in [0.2, 0.25) is 5.91 Å². The minimum atomic E-state index is 0.198. The third kappa shape index (κ3) is 5.17. The predicted octanol–water partition coefficient (Wildman–Crippen LogP) is 2.02. The molecule has 0 spiro atoms. The standard InChI is InChI=1S/C12H26N2O/c1-6-10(4)13-9-12(15)14(5)11(7-2)8-3/h10-11,13H,6-9H2,1-5H3. The van der Waals surface area contributed by atoms with Crippen molar-refractivity contribution in [2.45, 2.75) is 59.0 Å². The van der Waals surface area contributed by atoms with Crippen LogP contribution in [0.4, 0.5) is 0 Å². The molecule has 1 atom stereocenters. The zero-order chi connectivity index (χ0) is 11.8. The molecule has 0 aromatic heterocycles. The highest BCUT2D eigenvalue weighted by Gasteiger charge is 2.16. The minimum absolute atomic E-state index is 0.198. The summed E-state index contributed by atoms with van der Waals surface area (Å²) in [6.07, 6.45) is 3.12. The van der Waals surface area contributed by atoms with E-state index in [-0.39, 0.29) is 5.91 Å². The maximum atomic E-state index is 11.8. The Bertz CT molecular complexity index is 178. The lowest BCUT2D eigenvalue weighted by Crippen LogP contribution is -2.43. The Labute approximate surface area is 94.2 Å². The van der Waals surface area contributed by atoms with Crippen molar-refractivity contribution >= 4 is 5.91 Å². The Hall–Kier alpha value is -0.570. The van der Waals surface area contributed by atoms with E-state index in [4.69, 9.17) is 0 Å². The summed E-state index contributed by atoms with van der Waals surface area (Å²) >= 11 is 0. The van der Waals surface area contributed by atoms with Gasteiger partial charge < -0.3 is 10.2 Å². The van der Waals surface area contributed by atoms with E-state index in [2.05, 4.69) is 33.0 Å². The smallest absolute Gasteiger partial charge is 0.236 e. The van der Waals surface area contributed by atoms with Crippen LogP contribution in [0.3, 0.4) is 0 Å². The summed E-state index contributed by atoms with van der Waals surface area (Å²) in [4.78, 5) is 13.7. The molecule has 1 amide bonds. The van der Waals surface area contributed by atoms with Crippen LogP contribution in [-0.2, 0) is 4.79 Å². The van der Waals surface area contributed by atoms with E-state index in [0.717, 1.165) is 19.3 Å². The third-order valence-electron chi connectivity index (χ3n) is 3.10. The van der Waals surface area contributed by atoms with E-state index in [1.54, 1.807) is 0 Å². The number of likely N-dealkylation sites (N-methyl/N-ethyl adjacent to an activating group) is 1. The van der Waals surface area contributed by atoms with Crippen LogP contribution >= 0.6 is 0 Å². The molecule has 0 aromatic rings. The van der Waals surface area contributed by atoms with Crippen LogP contribution in [0.15, 0.2) is 0 Å². The second-order valence-corrected chi connectivity index (χ2v) is 4.17. The first-order chi connectivity index (χ1) is 7.06. The number of amides is 1. The molecule has 3 heteroatoms.